The van der Waals surface area contributed by atoms with Crippen LogP contribution in [0.15, 0.2) is 59.5 Å². The van der Waals surface area contributed by atoms with Gasteiger partial charge in [-0.05, 0) is 31.2 Å². The highest BCUT2D eigenvalue weighted by atomic mass is 32.2. The number of carbonyl (C=O) groups excluding carboxylic acids is 3. The van der Waals surface area contributed by atoms with Crippen molar-refractivity contribution < 1.29 is 27.5 Å². The molecule has 0 aliphatic carbocycles. The van der Waals surface area contributed by atoms with E-state index in [-0.39, 0.29) is 23.8 Å². The molecule has 0 bridgehead atoms. The predicted octanol–water partition coefficient (Wildman–Crippen LogP) is 1.91. The number of hydrogen-bond acceptors (Lipinski definition) is 6. The Bertz CT molecular complexity index is 1120. The van der Waals surface area contributed by atoms with Crippen molar-refractivity contribution in [3.63, 3.8) is 0 Å². The third-order valence-electron chi connectivity index (χ3n) is 5.22. The minimum Gasteiger partial charge on any atom is -0.450 e. The summed E-state index contributed by atoms with van der Waals surface area (Å²) in [5.41, 5.74) is 0.668. The first-order valence-corrected chi connectivity index (χ1v) is 12.4. The van der Waals surface area contributed by atoms with Crippen LogP contribution >= 0.6 is 0 Å². The first-order valence-electron chi connectivity index (χ1n) is 11.0. The zero-order chi connectivity index (χ0) is 24.6. The summed E-state index contributed by atoms with van der Waals surface area (Å²) < 4.78 is 31.9. The molecular formula is C23H28N4O6S. The Balaban J connectivity index is 1.55. The Morgan fingerprint density at radius 2 is 1.53 bits per heavy atom. The second-order valence-corrected chi connectivity index (χ2v) is 9.30. The van der Waals surface area contributed by atoms with E-state index >= 15 is 0 Å². The lowest BCUT2D eigenvalue weighted by Gasteiger charge is -2.34. The normalized spacial score (nSPS) is 13.9. The van der Waals surface area contributed by atoms with Crippen molar-refractivity contribution in [2.75, 3.05) is 44.6 Å². The molecule has 0 atom stereocenters. The van der Waals surface area contributed by atoms with Crippen molar-refractivity contribution in [1.82, 2.24) is 14.5 Å². The molecule has 1 aliphatic rings. The van der Waals surface area contributed by atoms with E-state index in [4.69, 9.17) is 4.74 Å². The maximum atomic E-state index is 13.1. The molecule has 10 nitrogen and oxygen atoms in total. The number of piperazine rings is 1. The highest BCUT2D eigenvalue weighted by Gasteiger charge is 2.27. The van der Waals surface area contributed by atoms with Crippen LogP contribution in [0.2, 0.25) is 0 Å². The molecule has 3 amide bonds. The number of sulfonamides is 1. The molecule has 34 heavy (non-hydrogen) atoms. The number of amides is 3. The van der Waals surface area contributed by atoms with Crippen molar-refractivity contribution in [1.29, 1.82) is 0 Å². The second-order valence-electron chi connectivity index (χ2n) is 7.53. The van der Waals surface area contributed by atoms with Crippen LogP contribution in [0.1, 0.15) is 23.7 Å². The van der Waals surface area contributed by atoms with E-state index in [0.29, 0.717) is 44.0 Å². The summed E-state index contributed by atoms with van der Waals surface area (Å²) in [6.45, 7) is 3.36. The number of rotatable bonds is 8. The minimum absolute atomic E-state index is 0.0883. The van der Waals surface area contributed by atoms with Gasteiger partial charge in [0.2, 0.25) is 15.9 Å². The molecular weight excluding hydrogens is 460 g/mol. The molecule has 3 rings (SSSR count). The summed E-state index contributed by atoms with van der Waals surface area (Å²) in [5, 5.41) is 2.69. The zero-order valence-electron chi connectivity index (χ0n) is 18.9. The maximum Gasteiger partial charge on any atom is 0.409 e. The van der Waals surface area contributed by atoms with Crippen LogP contribution in [0.25, 0.3) is 0 Å². The molecule has 0 unspecified atom stereocenters. The van der Waals surface area contributed by atoms with Gasteiger partial charge in [-0.1, -0.05) is 30.3 Å². The molecule has 2 N–H and O–H groups in total. The van der Waals surface area contributed by atoms with Crippen LogP contribution in [0.3, 0.4) is 0 Å². The van der Waals surface area contributed by atoms with E-state index in [1.165, 1.54) is 12.1 Å². The monoisotopic (exact) mass is 488 g/mol. The van der Waals surface area contributed by atoms with Gasteiger partial charge in [-0.2, -0.15) is 0 Å². The van der Waals surface area contributed by atoms with Gasteiger partial charge in [0.05, 0.1) is 22.8 Å². The average Bonchev–Trinajstić information content (AvgIpc) is 2.84. The van der Waals surface area contributed by atoms with Gasteiger partial charge in [-0.15, -0.1) is 0 Å². The fourth-order valence-electron chi connectivity index (χ4n) is 3.45. The van der Waals surface area contributed by atoms with Gasteiger partial charge in [0.1, 0.15) is 0 Å². The van der Waals surface area contributed by atoms with Gasteiger partial charge >= 0.3 is 6.09 Å². The van der Waals surface area contributed by atoms with Crippen molar-refractivity contribution in [2.45, 2.75) is 18.2 Å². The van der Waals surface area contributed by atoms with Gasteiger partial charge in [0.25, 0.3) is 5.91 Å². The Morgan fingerprint density at radius 3 is 2.21 bits per heavy atom. The number of benzene rings is 2. The van der Waals surface area contributed by atoms with Crippen LogP contribution in [0.4, 0.5) is 10.5 Å². The largest absolute Gasteiger partial charge is 0.450 e. The van der Waals surface area contributed by atoms with Crippen molar-refractivity contribution in [3.8, 4) is 0 Å². The van der Waals surface area contributed by atoms with E-state index in [2.05, 4.69) is 10.0 Å². The Kier molecular flexibility index (Phi) is 8.61. The van der Waals surface area contributed by atoms with E-state index in [1.807, 2.05) is 0 Å². The molecule has 1 fully saturated rings. The number of para-hydroxylation sites is 1. The minimum atomic E-state index is -3.71. The third kappa shape index (κ3) is 6.55. The summed E-state index contributed by atoms with van der Waals surface area (Å²) in [6.07, 6.45) is -0.502. The maximum absolute atomic E-state index is 13.1. The number of carbonyl (C=O) groups is 3. The number of anilines is 1. The molecule has 0 saturated carbocycles. The van der Waals surface area contributed by atoms with Crippen LogP contribution in [0.5, 0.6) is 0 Å². The highest BCUT2D eigenvalue weighted by molar-refractivity contribution is 7.89. The first kappa shape index (κ1) is 25.2. The molecule has 2 aromatic rings. The van der Waals surface area contributed by atoms with Crippen molar-refractivity contribution in [2.24, 2.45) is 0 Å². The van der Waals surface area contributed by atoms with Gasteiger partial charge in [-0.3, -0.25) is 9.59 Å². The smallest absolute Gasteiger partial charge is 0.409 e. The SMILES string of the molecule is CCOC(=O)N1CCN(C(=O)c2ccccc2NC(=O)CCNS(=O)(=O)c2ccccc2)CC1. The molecule has 182 valence electrons. The van der Waals surface area contributed by atoms with Gasteiger partial charge < -0.3 is 19.9 Å². The van der Waals surface area contributed by atoms with Gasteiger partial charge in [0, 0.05) is 39.1 Å². The summed E-state index contributed by atoms with van der Waals surface area (Å²) in [7, 11) is -3.71. The fraction of sp³-hybridized carbons (Fsp3) is 0.348. The van der Waals surface area contributed by atoms with Gasteiger partial charge in [-0.25, -0.2) is 17.9 Å². The zero-order valence-corrected chi connectivity index (χ0v) is 19.7. The Morgan fingerprint density at radius 1 is 0.912 bits per heavy atom. The molecule has 1 heterocycles. The number of nitrogens with one attached hydrogen (secondary N) is 2. The van der Waals surface area contributed by atoms with E-state index in [0.717, 1.165) is 0 Å². The summed E-state index contributed by atoms with van der Waals surface area (Å²) in [4.78, 5) is 40.6. The predicted molar refractivity (Wildman–Crippen MR) is 126 cm³/mol. The molecule has 11 heteroatoms. The van der Waals surface area contributed by atoms with Crippen molar-refractivity contribution in [3.05, 3.63) is 60.2 Å². The standard InChI is InChI=1S/C23H28N4O6S/c1-2-33-23(30)27-16-14-26(15-17-27)22(29)19-10-6-7-11-20(19)25-21(28)12-13-24-34(31,32)18-8-4-3-5-9-18/h3-11,24H,2,12-17H2,1H3,(H,25,28). The summed E-state index contributed by atoms with van der Waals surface area (Å²) >= 11 is 0. The van der Waals surface area contributed by atoms with Crippen LogP contribution in [0, 0.1) is 0 Å². The Hall–Kier alpha value is -3.44. The van der Waals surface area contributed by atoms with Crippen LogP contribution < -0.4 is 10.0 Å². The fourth-order valence-corrected chi connectivity index (χ4v) is 4.50. The van der Waals surface area contributed by atoms with Crippen LogP contribution in [-0.4, -0.2) is 75.5 Å². The van der Waals surface area contributed by atoms with E-state index in [9.17, 15) is 22.8 Å². The van der Waals surface area contributed by atoms with Crippen molar-refractivity contribution >= 4 is 33.6 Å². The number of nitrogens with zero attached hydrogens (tertiary/aromatic N) is 2. The number of hydrogen-bond donors (Lipinski definition) is 2. The lowest BCUT2D eigenvalue weighted by molar-refractivity contribution is -0.116. The number of ether oxygens (including phenoxy) is 1. The lowest BCUT2D eigenvalue weighted by Crippen LogP contribution is -2.50. The summed E-state index contributed by atoms with van der Waals surface area (Å²) in [6, 6.07) is 14.5. The first-order chi connectivity index (χ1) is 16.3. The molecule has 0 spiro atoms. The van der Waals surface area contributed by atoms with Crippen LogP contribution in [-0.2, 0) is 19.6 Å². The second kappa shape index (κ2) is 11.6. The van der Waals surface area contributed by atoms with E-state index < -0.39 is 22.0 Å². The molecule has 2 aromatic carbocycles. The highest BCUT2D eigenvalue weighted by Crippen LogP contribution is 2.19. The Labute approximate surface area is 198 Å². The topological polar surface area (TPSA) is 125 Å². The molecule has 0 aromatic heterocycles. The molecule has 0 radical (unpaired) electrons. The lowest BCUT2D eigenvalue weighted by atomic mass is 10.1. The molecule has 1 aliphatic heterocycles. The average molecular weight is 489 g/mol. The van der Waals surface area contributed by atoms with E-state index in [1.54, 1.807) is 59.2 Å². The van der Waals surface area contributed by atoms with Gasteiger partial charge in [0.15, 0.2) is 0 Å². The summed E-state index contributed by atoms with van der Waals surface area (Å²) in [5.74, 6) is -0.688. The third-order valence-corrected chi connectivity index (χ3v) is 6.70. The quantitative estimate of drug-likeness (QED) is 0.585. The molecule has 1 saturated heterocycles.